The predicted molar refractivity (Wildman–Crippen MR) is 117 cm³/mol. The topological polar surface area (TPSA) is 119 Å². The number of rotatable bonds is 5. The largest absolute Gasteiger partial charge is 0.492 e. The molecule has 0 amide bonds. The Kier molecular flexibility index (Phi) is 4.63. The Morgan fingerprint density at radius 3 is 2.34 bits per heavy atom. The van der Waals surface area contributed by atoms with Crippen molar-refractivity contribution in [3.05, 3.63) is 84.3 Å². The number of aromatic hydroxyl groups is 1. The molecule has 1 atom stereocenters. The molecule has 0 fully saturated rings. The highest BCUT2D eigenvalue weighted by molar-refractivity contribution is 5.87. The van der Waals surface area contributed by atoms with Gasteiger partial charge in [0.05, 0.1) is 24.0 Å². The van der Waals surface area contributed by atoms with Gasteiger partial charge in [0.15, 0.2) is 0 Å². The zero-order valence-electron chi connectivity index (χ0n) is 17.0. The van der Waals surface area contributed by atoms with Crippen LogP contribution in [-0.2, 0) is 0 Å². The molecule has 0 bridgehead atoms. The summed E-state index contributed by atoms with van der Waals surface area (Å²) in [6, 6.07) is 18.1. The van der Waals surface area contributed by atoms with Crippen LogP contribution >= 0.6 is 0 Å². The first kappa shape index (κ1) is 19.4. The van der Waals surface area contributed by atoms with Crippen LogP contribution in [0.5, 0.6) is 5.88 Å². The van der Waals surface area contributed by atoms with E-state index in [2.05, 4.69) is 44.4 Å². The molecule has 0 radical (unpaired) electrons. The Morgan fingerprint density at radius 2 is 1.66 bits per heavy atom. The Labute approximate surface area is 182 Å². The second-order valence-corrected chi connectivity index (χ2v) is 7.31. The van der Waals surface area contributed by atoms with Gasteiger partial charge in [-0.1, -0.05) is 54.6 Å². The standard InChI is InChI=1S/C23H18N6O3/c1-14(15-7-9-17(10-8-15)16-5-3-2-4-6-16)29-20-19(12-25-29)26-23(27-21(20)30)28-13-18(11-24-28)22(31)32/h2-14H,1H3,(H,31,32)(H,26,27,30)/t14-/m1/s1. The Morgan fingerprint density at radius 1 is 0.938 bits per heavy atom. The normalized spacial score (nSPS) is 12.2. The SMILES string of the molecule is C[C@H](c1ccc(-c2ccccc2)cc1)n1ncc2nc(-n3cc(C(=O)O)cn3)nc(O)c21. The number of nitrogens with zero attached hydrogens (tertiary/aromatic N) is 6. The third-order valence-electron chi connectivity index (χ3n) is 5.32. The van der Waals surface area contributed by atoms with Crippen molar-refractivity contribution in [1.82, 2.24) is 29.5 Å². The Bertz CT molecular complexity index is 1420. The first-order valence-corrected chi connectivity index (χ1v) is 9.89. The van der Waals surface area contributed by atoms with E-state index < -0.39 is 5.97 Å². The van der Waals surface area contributed by atoms with Gasteiger partial charge in [-0.15, -0.1) is 0 Å². The van der Waals surface area contributed by atoms with E-state index in [1.807, 2.05) is 37.3 Å². The van der Waals surface area contributed by atoms with Gasteiger partial charge in [-0.3, -0.25) is 4.68 Å². The van der Waals surface area contributed by atoms with Gasteiger partial charge >= 0.3 is 5.97 Å². The summed E-state index contributed by atoms with van der Waals surface area (Å²) in [5.41, 5.74) is 4.07. The van der Waals surface area contributed by atoms with Crippen molar-refractivity contribution in [2.45, 2.75) is 13.0 Å². The molecule has 9 nitrogen and oxygen atoms in total. The molecule has 9 heteroatoms. The molecule has 0 saturated carbocycles. The van der Waals surface area contributed by atoms with Crippen molar-refractivity contribution < 1.29 is 15.0 Å². The molecule has 0 aliphatic carbocycles. The highest BCUT2D eigenvalue weighted by Gasteiger charge is 2.19. The molecule has 3 heterocycles. The smallest absolute Gasteiger partial charge is 0.338 e. The molecule has 3 aromatic heterocycles. The van der Waals surface area contributed by atoms with Crippen LogP contribution in [0.25, 0.3) is 28.1 Å². The summed E-state index contributed by atoms with van der Waals surface area (Å²) < 4.78 is 2.86. The van der Waals surface area contributed by atoms with E-state index in [1.54, 1.807) is 4.68 Å². The minimum absolute atomic E-state index is 0.00328. The molecular weight excluding hydrogens is 408 g/mol. The second-order valence-electron chi connectivity index (χ2n) is 7.31. The van der Waals surface area contributed by atoms with Crippen LogP contribution in [0.2, 0.25) is 0 Å². The average molecular weight is 426 g/mol. The lowest BCUT2D eigenvalue weighted by atomic mass is 10.0. The minimum Gasteiger partial charge on any atom is -0.492 e. The van der Waals surface area contributed by atoms with Gasteiger partial charge in [0, 0.05) is 6.20 Å². The van der Waals surface area contributed by atoms with Crippen molar-refractivity contribution in [3.8, 4) is 23.0 Å². The number of benzene rings is 2. The van der Waals surface area contributed by atoms with E-state index in [0.29, 0.717) is 11.0 Å². The molecule has 0 saturated heterocycles. The van der Waals surface area contributed by atoms with Gasteiger partial charge < -0.3 is 10.2 Å². The molecule has 0 aliphatic rings. The summed E-state index contributed by atoms with van der Waals surface area (Å²) >= 11 is 0. The summed E-state index contributed by atoms with van der Waals surface area (Å²) in [6.45, 7) is 1.98. The van der Waals surface area contributed by atoms with Gasteiger partial charge in [-0.25, -0.2) is 14.5 Å². The van der Waals surface area contributed by atoms with Gasteiger partial charge in [0.1, 0.15) is 11.0 Å². The summed E-state index contributed by atoms with van der Waals surface area (Å²) in [5, 5.41) is 28.0. The van der Waals surface area contributed by atoms with Gasteiger partial charge in [0.2, 0.25) is 5.88 Å². The first-order valence-electron chi connectivity index (χ1n) is 9.89. The fourth-order valence-corrected chi connectivity index (χ4v) is 3.60. The molecule has 2 N–H and O–H groups in total. The van der Waals surface area contributed by atoms with Gasteiger partial charge in [0.25, 0.3) is 5.95 Å². The van der Waals surface area contributed by atoms with E-state index in [1.165, 1.54) is 23.3 Å². The maximum absolute atomic E-state index is 11.1. The molecule has 32 heavy (non-hydrogen) atoms. The van der Waals surface area contributed by atoms with Crippen LogP contribution in [0, 0.1) is 0 Å². The van der Waals surface area contributed by atoms with Crippen molar-refractivity contribution in [1.29, 1.82) is 0 Å². The number of aromatic nitrogens is 6. The molecule has 2 aromatic carbocycles. The molecule has 0 spiro atoms. The lowest BCUT2D eigenvalue weighted by molar-refractivity contribution is 0.0697. The van der Waals surface area contributed by atoms with Crippen molar-refractivity contribution >= 4 is 17.0 Å². The zero-order chi connectivity index (χ0) is 22.2. The average Bonchev–Trinajstić information content (AvgIpc) is 3.47. The quantitative estimate of drug-likeness (QED) is 0.440. The van der Waals surface area contributed by atoms with Gasteiger partial charge in [-0.2, -0.15) is 15.2 Å². The van der Waals surface area contributed by atoms with Crippen molar-refractivity contribution in [3.63, 3.8) is 0 Å². The fourth-order valence-electron chi connectivity index (χ4n) is 3.60. The molecule has 0 aliphatic heterocycles. The zero-order valence-corrected chi connectivity index (χ0v) is 17.0. The van der Waals surface area contributed by atoms with E-state index in [4.69, 9.17) is 5.11 Å². The van der Waals surface area contributed by atoms with Crippen LogP contribution in [-0.4, -0.2) is 45.7 Å². The Hall–Kier alpha value is -4.53. The third kappa shape index (κ3) is 3.35. The number of carboxylic acid groups (broad SMARTS) is 1. The molecular formula is C23H18N6O3. The fraction of sp³-hybridized carbons (Fsp3) is 0.0870. The van der Waals surface area contributed by atoms with E-state index in [-0.39, 0.29) is 23.4 Å². The van der Waals surface area contributed by atoms with Crippen LogP contribution in [0.4, 0.5) is 0 Å². The monoisotopic (exact) mass is 426 g/mol. The number of carboxylic acids is 1. The van der Waals surface area contributed by atoms with Crippen LogP contribution in [0.1, 0.15) is 28.9 Å². The molecule has 5 rings (SSSR count). The van der Waals surface area contributed by atoms with Crippen LogP contribution in [0.3, 0.4) is 0 Å². The van der Waals surface area contributed by atoms with Crippen LogP contribution in [0.15, 0.2) is 73.2 Å². The molecule has 5 aromatic rings. The van der Waals surface area contributed by atoms with Crippen LogP contribution < -0.4 is 0 Å². The molecule has 158 valence electrons. The lowest BCUT2D eigenvalue weighted by Gasteiger charge is -2.15. The highest BCUT2D eigenvalue weighted by Crippen LogP contribution is 2.29. The van der Waals surface area contributed by atoms with Gasteiger partial charge in [-0.05, 0) is 23.6 Å². The summed E-state index contributed by atoms with van der Waals surface area (Å²) in [7, 11) is 0. The van der Waals surface area contributed by atoms with E-state index >= 15 is 0 Å². The number of hydrogen-bond donors (Lipinski definition) is 2. The number of fused-ring (bicyclic) bond motifs is 1. The summed E-state index contributed by atoms with van der Waals surface area (Å²) in [5.74, 6) is -1.31. The Balaban J connectivity index is 1.48. The second kappa shape index (κ2) is 7.62. The van der Waals surface area contributed by atoms with E-state index in [0.717, 1.165) is 16.7 Å². The van der Waals surface area contributed by atoms with E-state index in [9.17, 15) is 9.90 Å². The highest BCUT2D eigenvalue weighted by atomic mass is 16.4. The minimum atomic E-state index is -1.11. The lowest BCUT2D eigenvalue weighted by Crippen LogP contribution is -2.09. The van der Waals surface area contributed by atoms with Crippen molar-refractivity contribution in [2.75, 3.05) is 0 Å². The first-order chi connectivity index (χ1) is 15.5. The summed E-state index contributed by atoms with van der Waals surface area (Å²) in [4.78, 5) is 19.6. The predicted octanol–water partition coefficient (Wildman–Crippen LogP) is 3.69. The maximum Gasteiger partial charge on any atom is 0.338 e. The number of hydrogen-bond acceptors (Lipinski definition) is 6. The third-order valence-corrected chi connectivity index (χ3v) is 5.32. The molecule has 0 unspecified atom stereocenters. The van der Waals surface area contributed by atoms with Crippen molar-refractivity contribution in [2.24, 2.45) is 0 Å². The summed E-state index contributed by atoms with van der Waals surface area (Å²) in [6.07, 6.45) is 4.01. The maximum atomic E-state index is 11.1. The number of carbonyl (C=O) groups is 1. The number of aromatic carboxylic acids is 1.